The first-order valence-corrected chi connectivity index (χ1v) is 5.87. The summed E-state index contributed by atoms with van der Waals surface area (Å²) in [5, 5.41) is 3.13. The lowest BCUT2D eigenvalue weighted by atomic mass is 10.0. The normalized spacial score (nSPS) is 10.7. The third-order valence-corrected chi connectivity index (χ3v) is 2.66. The first kappa shape index (κ1) is 13.7. The lowest BCUT2D eigenvalue weighted by molar-refractivity contribution is 0.0988. The van der Waals surface area contributed by atoms with Gasteiger partial charge in [0.2, 0.25) is 0 Å². The predicted octanol–water partition coefficient (Wildman–Crippen LogP) is 2.49. The van der Waals surface area contributed by atoms with E-state index in [1.807, 2.05) is 39.8 Å². The van der Waals surface area contributed by atoms with Gasteiger partial charge in [0.05, 0.1) is 13.7 Å². The van der Waals surface area contributed by atoms with Gasteiger partial charge in [-0.1, -0.05) is 13.8 Å². The molecule has 0 saturated heterocycles. The smallest absolute Gasteiger partial charge is 0.176 e. The number of ether oxygens (including phenoxy) is 1. The molecule has 1 N–H and O–H groups in total. The summed E-state index contributed by atoms with van der Waals surface area (Å²) in [4.78, 5) is 11.9. The molecule has 1 aromatic carbocycles. The van der Waals surface area contributed by atoms with Crippen molar-refractivity contribution in [1.82, 2.24) is 5.32 Å². The molecule has 17 heavy (non-hydrogen) atoms. The van der Waals surface area contributed by atoms with Crippen LogP contribution >= 0.6 is 0 Å². The Morgan fingerprint density at radius 2 is 1.82 bits per heavy atom. The highest BCUT2D eigenvalue weighted by molar-refractivity contribution is 5.98. The molecule has 94 valence electrons. The summed E-state index contributed by atoms with van der Waals surface area (Å²) in [6, 6.07) is 4.09. The van der Waals surface area contributed by atoms with Crippen LogP contribution in [0.4, 0.5) is 0 Å². The van der Waals surface area contributed by atoms with Crippen molar-refractivity contribution in [3.8, 4) is 5.75 Å². The molecule has 0 bridgehead atoms. The van der Waals surface area contributed by atoms with Crippen molar-refractivity contribution < 1.29 is 9.53 Å². The number of hydrogen-bond acceptors (Lipinski definition) is 3. The molecule has 0 heterocycles. The first-order valence-electron chi connectivity index (χ1n) is 5.87. The molecule has 0 aromatic heterocycles. The molecule has 0 aliphatic heterocycles. The van der Waals surface area contributed by atoms with Crippen molar-refractivity contribution in [3.05, 3.63) is 28.8 Å². The first-order chi connectivity index (χ1) is 7.95. The Bertz CT molecular complexity index is 388. The van der Waals surface area contributed by atoms with Gasteiger partial charge in [0, 0.05) is 11.6 Å². The van der Waals surface area contributed by atoms with Gasteiger partial charge in [-0.05, 0) is 37.1 Å². The lowest BCUT2D eigenvalue weighted by Crippen LogP contribution is -2.29. The fraction of sp³-hybridized carbons (Fsp3) is 0.500. The number of nitrogens with one attached hydrogen (secondary N) is 1. The van der Waals surface area contributed by atoms with Crippen molar-refractivity contribution in [2.24, 2.45) is 0 Å². The highest BCUT2D eigenvalue weighted by atomic mass is 16.5. The Morgan fingerprint density at radius 3 is 2.24 bits per heavy atom. The summed E-state index contributed by atoms with van der Waals surface area (Å²) >= 11 is 0. The zero-order valence-electron chi connectivity index (χ0n) is 11.3. The van der Waals surface area contributed by atoms with E-state index in [-0.39, 0.29) is 5.78 Å². The van der Waals surface area contributed by atoms with Gasteiger partial charge in [-0.25, -0.2) is 0 Å². The van der Waals surface area contributed by atoms with Crippen molar-refractivity contribution in [1.29, 1.82) is 0 Å². The fourth-order valence-corrected chi connectivity index (χ4v) is 1.83. The van der Waals surface area contributed by atoms with Crippen LogP contribution in [-0.4, -0.2) is 25.5 Å². The molecule has 1 aromatic rings. The number of hydrogen-bond donors (Lipinski definition) is 1. The van der Waals surface area contributed by atoms with Crippen LogP contribution in [0, 0.1) is 13.8 Å². The Morgan fingerprint density at radius 1 is 1.29 bits per heavy atom. The van der Waals surface area contributed by atoms with Crippen molar-refractivity contribution in [2.45, 2.75) is 33.7 Å². The van der Waals surface area contributed by atoms with Gasteiger partial charge in [-0.2, -0.15) is 0 Å². The van der Waals surface area contributed by atoms with E-state index in [0.717, 1.165) is 22.4 Å². The zero-order chi connectivity index (χ0) is 13.0. The number of Topliss-reactive ketones (excluding diaryl/α,β-unsaturated/α-hetero) is 1. The number of aryl methyl sites for hydroxylation is 2. The molecule has 0 unspecified atom stereocenters. The minimum Gasteiger partial charge on any atom is -0.496 e. The second-order valence-electron chi connectivity index (χ2n) is 4.60. The second kappa shape index (κ2) is 5.82. The summed E-state index contributed by atoms with van der Waals surface area (Å²) in [5.41, 5.74) is 2.75. The van der Waals surface area contributed by atoms with Gasteiger partial charge < -0.3 is 10.1 Å². The number of methoxy groups -OCH3 is 1. The van der Waals surface area contributed by atoms with Crippen LogP contribution in [0.25, 0.3) is 0 Å². The SMILES string of the molecule is COc1c(C)cc(C(=O)CNC(C)C)cc1C. The summed E-state index contributed by atoms with van der Waals surface area (Å²) in [7, 11) is 1.65. The summed E-state index contributed by atoms with van der Waals surface area (Å²) in [5.74, 6) is 0.978. The van der Waals surface area contributed by atoms with E-state index in [4.69, 9.17) is 4.74 Å². The highest BCUT2D eigenvalue weighted by Gasteiger charge is 2.11. The Kier molecular flexibility index (Phi) is 4.70. The van der Waals surface area contributed by atoms with Gasteiger partial charge in [0.15, 0.2) is 5.78 Å². The van der Waals surface area contributed by atoms with Crippen molar-refractivity contribution in [2.75, 3.05) is 13.7 Å². The van der Waals surface area contributed by atoms with Gasteiger partial charge in [0.1, 0.15) is 5.75 Å². The van der Waals surface area contributed by atoms with Crippen LogP contribution in [0.1, 0.15) is 35.3 Å². The Hall–Kier alpha value is -1.35. The van der Waals surface area contributed by atoms with E-state index in [0.29, 0.717) is 12.6 Å². The molecule has 0 radical (unpaired) electrons. The average molecular weight is 235 g/mol. The standard InChI is InChI=1S/C14H21NO2/c1-9(2)15-8-13(16)12-6-10(3)14(17-5)11(4)7-12/h6-7,9,15H,8H2,1-5H3. The van der Waals surface area contributed by atoms with E-state index in [9.17, 15) is 4.79 Å². The molecule has 3 nitrogen and oxygen atoms in total. The van der Waals surface area contributed by atoms with Crippen molar-refractivity contribution in [3.63, 3.8) is 0 Å². The molecule has 0 spiro atoms. The summed E-state index contributed by atoms with van der Waals surface area (Å²) < 4.78 is 5.28. The van der Waals surface area contributed by atoms with Gasteiger partial charge in [0.25, 0.3) is 0 Å². The molecule has 0 saturated carbocycles. The highest BCUT2D eigenvalue weighted by Crippen LogP contribution is 2.24. The van der Waals surface area contributed by atoms with Crippen LogP contribution < -0.4 is 10.1 Å². The molecular weight excluding hydrogens is 214 g/mol. The van der Waals surface area contributed by atoms with Gasteiger partial charge >= 0.3 is 0 Å². The Labute approximate surface area is 103 Å². The number of benzene rings is 1. The van der Waals surface area contributed by atoms with E-state index in [1.54, 1.807) is 7.11 Å². The maximum Gasteiger partial charge on any atom is 0.176 e. The van der Waals surface area contributed by atoms with E-state index < -0.39 is 0 Å². The second-order valence-corrected chi connectivity index (χ2v) is 4.60. The fourth-order valence-electron chi connectivity index (χ4n) is 1.83. The monoisotopic (exact) mass is 235 g/mol. The number of carbonyl (C=O) groups excluding carboxylic acids is 1. The minimum absolute atomic E-state index is 0.118. The minimum atomic E-state index is 0.118. The molecule has 1 rings (SSSR count). The molecule has 0 aliphatic rings. The molecule has 0 atom stereocenters. The van der Waals surface area contributed by atoms with E-state index in [1.165, 1.54) is 0 Å². The zero-order valence-corrected chi connectivity index (χ0v) is 11.3. The van der Waals surface area contributed by atoms with Crippen LogP contribution in [-0.2, 0) is 0 Å². The summed E-state index contributed by atoms with van der Waals surface area (Å²) in [6.07, 6.45) is 0. The molecular formula is C14H21NO2. The van der Waals surface area contributed by atoms with Gasteiger partial charge in [-0.3, -0.25) is 4.79 Å². The third-order valence-electron chi connectivity index (χ3n) is 2.66. The van der Waals surface area contributed by atoms with Crippen molar-refractivity contribution >= 4 is 5.78 Å². The number of carbonyl (C=O) groups is 1. The Balaban J connectivity index is 2.89. The van der Waals surface area contributed by atoms with Crippen LogP contribution in [0.2, 0.25) is 0 Å². The third kappa shape index (κ3) is 3.56. The van der Waals surface area contributed by atoms with Gasteiger partial charge in [-0.15, -0.1) is 0 Å². The maximum atomic E-state index is 11.9. The van der Waals surface area contributed by atoms with Crippen LogP contribution in [0.5, 0.6) is 5.75 Å². The molecule has 0 amide bonds. The number of rotatable bonds is 5. The van der Waals surface area contributed by atoms with Crippen LogP contribution in [0.3, 0.4) is 0 Å². The maximum absolute atomic E-state index is 11.9. The molecule has 0 aliphatic carbocycles. The van der Waals surface area contributed by atoms with E-state index >= 15 is 0 Å². The largest absolute Gasteiger partial charge is 0.496 e. The lowest BCUT2D eigenvalue weighted by Gasteiger charge is -2.12. The number of ketones is 1. The van der Waals surface area contributed by atoms with E-state index in [2.05, 4.69) is 5.32 Å². The summed E-state index contributed by atoms with van der Waals surface area (Å²) in [6.45, 7) is 8.34. The molecule has 0 fully saturated rings. The molecule has 3 heteroatoms. The van der Waals surface area contributed by atoms with Crippen LogP contribution in [0.15, 0.2) is 12.1 Å². The predicted molar refractivity (Wildman–Crippen MR) is 69.9 cm³/mol. The quantitative estimate of drug-likeness (QED) is 0.797. The average Bonchev–Trinajstić information content (AvgIpc) is 2.25. The topological polar surface area (TPSA) is 38.3 Å².